The zero-order valence-electron chi connectivity index (χ0n) is 12.9. The van der Waals surface area contributed by atoms with Gasteiger partial charge in [-0.05, 0) is 18.2 Å². The number of anilines is 2. The summed E-state index contributed by atoms with van der Waals surface area (Å²) in [6.45, 7) is 0. The number of nitrogens with one attached hydrogen (secondary N) is 1. The largest absolute Gasteiger partial charge is 0.490 e. The quantitative estimate of drug-likeness (QED) is 0.497. The Balaban J connectivity index is 0.000000445. The van der Waals surface area contributed by atoms with E-state index in [1.54, 1.807) is 0 Å². The number of aliphatic carboxylic acids is 1. The van der Waals surface area contributed by atoms with Gasteiger partial charge in [-0.1, -0.05) is 0 Å². The third kappa shape index (κ3) is 6.73. The molecule has 4 N–H and O–H groups in total. The van der Waals surface area contributed by atoms with Crippen molar-refractivity contribution in [2.45, 2.75) is 11.1 Å². The first kappa shape index (κ1) is 21.6. The van der Waals surface area contributed by atoms with Gasteiger partial charge < -0.3 is 10.8 Å². The van der Waals surface area contributed by atoms with E-state index in [-0.39, 0.29) is 22.3 Å². The van der Waals surface area contributed by atoms with Crippen molar-refractivity contribution >= 4 is 33.4 Å². The summed E-state index contributed by atoms with van der Waals surface area (Å²) in [5.41, 5.74) is 5.14. The van der Waals surface area contributed by atoms with Crippen LogP contribution in [0.5, 0.6) is 0 Å². The Hall–Kier alpha value is -3.49. The lowest BCUT2D eigenvalue weighted by Gasteiger charge is -2.07. The molecule has 0 saturated carbocycles. The van der Waals surface area contributed by atoms with Crippen LogP contribution in [0.3, 0.4) is 0 Å². The lowest BCUT2D eigenvalue weighted by Crippen LogP contribution is -2.21. The molecule has 0 bridgehead atoms. The second kappa shape index (κ2) is 8.26. The highest BCUT2D eigenvalue weighted by Crippen LogP contribution is 2.18. The fraction of sp³-hybridized carbons (Fsp3) is 0.0833. The molecule has 11 nitrogen and oxygen atoms in total. The number of aromatic nitrogens is 2. The van der Waals surface area contributed by atoms with Crippen molar-refractivity contribution in [2.24, 2.45) is 0 Å². The van der Waals surface area contributed by atoms with Crippen LogP contribution in [0.25, 0.3) is 0 Å². The zero-order valence-corrected chi connectivity index (χ0v) is 13.7. The number of rotatable bonds is 4. The molecule has 0 radical (unpaired) electrons. The molecule has 146 valence electrons. The molecule has 0 aliphatic rings. The standard InChI is InChI=1S/C10H9N5O4S.C2HF3O2/c11-10-12-6-5-9(13-10)14-20(18,19)8-3-1-7(2-4-8)15(16)17;3-2(4,5)1(6)7/h1-6H,(H3,11,12,13,14);(H,6,7). The van der Waals surface area contributed by atoms with Crippen LogP contribution < -0.4 is 10.5 Å². The molecular weight excluding hydrogens is 399 g/mol. The van der Waals surface area contributed by atoms with Gasteiger partial charge in [-0.2, -0.15) is 18.2 Å². The monoisotopic (exact) mass is 409 g/mol. The van der Waals surface area contributed by atoms with E-state index in [1.807, 2.05) is 0 Å². The first-order valence-corrected chi connectivity index (χ1v) is 7.97. The number of nitro groups is 1. The van der Waals surface area contributed by atoms with E-state index < -0.39 is 27.1 Å². The van der Waals surface area contributed by atoms with E-state index in [2.05, 4.69) is 14.7 Å². The van der Waals surface area contributed by atoms with Crippen LogP contribution in [0.1, 0.15) is 0 Å². The summed E-state index contributed by atoms with van der Waals surface area (Å²) in [6, 6.07) is 5.79. The molecule has 1 aromatic heterocycles. The number of carboxylic acid groups (broad SMARTS) is 1. The smallest absolute Gasteiger partial charge is 0.475 e. The average Bonchev–Trinajstić information content (AvgIpc) is 2.54. The van der Waals surface area contributed by atoms with E-state index in [0.717, 1.165) is 24.3 Å². The number of carboxylic acids is 1. The van der Waals surface area contributed by atoms with Crippen molar-refractivity contribution in [2.75, 3.05) is 10.5 Å². The van der Waals surface area contributed by atoms with Gasteiger partial charge in [0.25, 0.3) is 15.7 Å². The van der Waals surface area contributed by atoms with Crippen LogP contribution >= 0.6 is 0 Å². The van der Waals surface area contributed by atoms with Gasteiger partial charge in [0.1, 0.15) is 5.82 Å². The number of hydrogen-bond acceptors (Lipinski definition) is 8. The molecule has 0 spiro atoms. The minimum absolute atomic E-state index is 0.0100. The van der Waals surface area contributed by atoms with Crippen LogP contribution in [0.4, 0.5) is 30.6 Å². The maximum absolute atomic E-state index is 12.0. The zero-order chi connectivity index (χ0) is 20.8. The van der Waals surface area contributed by atoms with Gasteiger partial charge >= 0.3 is 12.1 Å². The van der Waals surface area contributed by atoms with Gasteiger partial charge in [-0.3, -0.25) is 14.8 Å². The normalized spacial score (nSPS) is 11.1. The van der Waals surface area contributed by atoms with E-state index in [4.69, 9.17) is 15.6 Å². The lowest BCUT2D eigenvalue weighted by atomic mass is 10.3. The molecule has 0 atom stereocenters. The molecule has 15 heteroatoms. The molecule has 0 fully saturated rings. The Morgan fingerprint density at radius 1 is 1.22 bits per heavy atom. The van der Waals surface area contributed by atoms with Crippen LogP contribution in [0.2, 0.25) is 0 Å². The SMILES string of the molecule is Nc1nccc(NS(=O)(=O)c2ccc([N+](=O)[O-])cc2)n1.O=C(O)C(F)(F)F. The Bertz CT molecular complexity index is 933. The Morgan fingerprint density at radius 3 is 2.15 bits per heavy atom. The van der Waals surface area contributed by atoms with Crippen LogP contribution in [-0.2, 0) is 14.8 Å². The van der Waals surface area contributed by atoms with Crippen molar-refractivity contribution < 1.29 is 36.4 Å². The number of non-ortho nitro benzene ring substituents is 1. The predicted molar refractivity (Wildman–Crippen MR) is 84.0 cm³/mol. The maximum atomic E-state index is 12.0. The van der Waals surface area contributed by atoms with Crippen molar-refractivity contribution in [1.82, 2.24) is 9.97 Å². The number of nitrogen functional groups attached to an aromatic ring is 1. The molecule has 2 rings (SSSR count). The topological polar surface area (TPSA) is 178 Å². The van der Waals surface area contributed by atoms with E-state index in [1.165, 1.54) is 12.3 Å². The first-order chi connectivity index (χ1) is 12.3. The second-order valence-corrected chi connectivity index (χ2v) is 6.14. The summed E-state index contributed by atoms with van der Waals surface area (Å²) in [7, 11) is -3.89. The molecule has 0 aliphatic carbocycles. The Kier molecular flexibility index (Phi) is 6.59. The number of nitro benzene ring substituents is 1. The van der Waals surface area contributed by atoms with Crippen molar-refractivity contribution in [3.05, 3.63) is 46.6 Å². The fourth-order valence-electron chi connectivity index (χ4n) is 1.37. The summed E-state index contributed by atoms with van der Waals surface area (Å²) in [5, 5.41) is 17.6. The van der Waals surface area contributed by atoms with Gasteiger partial charge in [0, 0.05) is 18.3 Å². The van der Waals surface area contributed by atoms with Crippen LogP contribution in [0.15, 0.2) is 41.4 Å². The fourth-order valence-corrected chi connectivity index (χ4v) is 2.38. The van der Waals surface area contributed by atoms with E-state index in [0.29, 0.717) is 0 Å². The summed E-state index contributed by atoms with van der Waals surface area (Å²) in [6.07, 6.45) is -3.78. The summed E-state index contributed by atoms with van der Waals surface area (Å²) >= 11 is 0. The molecule has 0 unspecified atom stereocenters. The molecule has 2 aromatic rings. The van der Waals surface area contributed by atoms with Crippen LogP contribution in [-0.4, -0.2) is 40.6 Å². The van der Waals surface area contributed by atoms with Gasteiger partial charge in [-0.15, -0.1) is 0 Å². The van der Waals surface area contributed by atoms with Crippen molar-refractivity contribution in [3.8, 4) is 0 Å². The number of alkyl halides is 3. The van der Waals surface area contributed by atoms with E-state index in [9.17, 15) is 31.7 Å². The predicted octanol–water partition coefficient (Wildman–Crippen LogP) is 1.40. The molecular formula is C12H10F3N5O6S. The Morgan fingerprint density at radius 2 is 1.74 bits per heavy atom. The number of carbonyl (C=O) groups is 1. The number of halogens is 3. The minimum Gasteiger partial charge on any atom is -0.475 e. The molecule has 0 saturated heterocycles. The van der Waals surface area contributed by atoms with E-state index >= 15 is 0 Å². The Labute approximate surface area is 148 Å². The molecule has 1 heterocycles. The number of benzene rings is 1. The van der Waals surface area contributed by atoms with Gasteiger partial charge in [0.15, 0.2) is 0 Å². The molecule has 0 amide bonds. The third-order valence-electron chi connectivity index (χ3n) is 2.51. The number of hydrogen-bond donors (Lipinski definition) is 3. The molecule has 1 aromatic carbocycles. The van der Waals surface area contributed by atoms with Gasteiger partial charge in [-0.25, -0.2) is 18.2 Å². The second-order valence-electron chi connectivity index (χ2n) is 4.46. The first-order valence-electron chi connectivity index (χ1n) is 6.49. The van der Waals surface area contributed by atoms with Gasteiger partial charge in [0.2, 0.25) is 5.95 Å². The maximum Gasteiger partial charge on any atom is 0.490 e. The molecule has 27 heavy (non-hydrogen) atoms. The summed E-state index contributed by atoms with van der Waals surface area (Å²) < 4.78 is 58.0. The highest BCUT2D eigenvalue weighted by atomic mass is 32.2. The minimum atomic E-state index is -5.08. The van der Waals surface area contributed by atoms with Gasteiger partial charge in [0.05, 0.1) is 9.82 Å². The highest BCUT2D eigenvalue weighted by Gasteiger charge is 2.38. The number of nitrogens with zero attached hydrogens (tertiary/aromatic N) is 3. The lowest BCUT2D eigenvalue weighted by molar-refractivity contribution is -0.384. The average molecular weight is 409 g/mol. The van der Waals surface area contributed by atoms with Crippen molar-refractivity contribution in [1.29, 1.82) is 0 Å². The summed E-state index contributed by atoms with van der Waals surface area (Å²) in [5.74, 6) is -2.82. The highest BCUT2D eigenvalue weighted by molar-refractivity contribution is 7.92. The number of nitrogens with two attached hydrogens (primary N) is 1. The van der Waals surface area contributed by atoms with Crippen LogP contribution in [0, 0.1) is 10.1 Å². The number of sulfonamides is 1. The van der Waals surface area contributed by atoms with Crippen molar-refractivity contribution in [3.63, 3.8) is 0 Å². The summed E-state index contributed by atoms with van der Waals surface area (Å²) in [4.78, 5) is 26.0. The third-order valence-corrected chi connectivity index (χ3v) is 3.88. The molecule has 0 aliphatic heterocycles.